The highest BCUT2D eigenvalue weighted by Crippen LogP contribution is 2.44. The molecule has 5 rings (SSSR count). The number of amides is 2. The van der Waals surface area contributed by atoms with Crippen LogP contribution >= 0.6 is 23.2 Å². The molecule has 2 aliphatic rings. The largest absolute Gasteiger partial charge is 0.465 e. The number of hydrogen-bond donors (Lipinski definition) is 2. The van der Waals surface area contributed by atoms with Crippen molar-refractivity contribution in [3.05, 3.63) is 94.0 Å². The first-order chi connectivity index (χ1) is 20.0. The van der Waals surface area contributed by atoms with Crippen LogP contribution in [0.2, 0.25) is 10.0 Å². The highest BCUT2D eigenvalue weighted by molar-refractivity contribution is 6.34. The maximum Gasteiger partial charge on any atom is 0.411 e. The Morgan fingerprint density at radius 3 is 2.57 bits per heavy atom. The van der Waals surface area contributed by atoms with Crippen LogP contribution in [0.15, 0.2) is 77.8 Å². The summed E-state index contributed by atoms with van der Waals surface area (Å²) < 4.78 is 35.5. The van der Waals surface area contributed by atoms with Crippen LogP contribution in [-0.2, 0) is 21.7 Å². The van der Waals surface area contributed by atoms with E-state index in [1.54, 1.807) is 61.5 Å². The van der Waals surface area contributed by atoms with Gasteiger partial charge in [-0.2, -0.15) is 0 Å². The number of carbonyl (C=O) groups is 2. The minimum atomic E-state index is -3.11. The van der Waals surface area contributed by atoms with E-state index in [-0.39, 0.29) is 31.8 Å². The van der Waals surface area contributed by atoms with Gasteiger partial charge in [-0.15, -0.1) is 0 Å². The van der Waals surface area contributed by atoms with Crippen LogP contribution in [-0.4, -0.2) is 46.0 Å². The number of nitrogens with zero attached hydrogens (tertiary/aromatic N) is 2. The number of benzene rings is 3. The molecule has 220 valence electrons. The predicted octanol–water partition coefficient (Wildman–Crippen LogP) is 7.50. The lowest BCUT2D eigenvalue weighted by molar-refractivity contribution is -0.174. The second-order valence-corrected chi connectivity index (χ2v) is 11.5. The van der Waals surface area contributed by atoms with Gasteiger partial charge in [0.2, 0.25) is 11.9 Å². The molecule has 1 aliphatic heterocycles. The second-order valence-electron chi connectivity index (χ2n) is 10.7. The van der Waals surface area contributed by atoms with E-state index < -0.39 is 42.0 Å². The van der Waals surface area contributed by atoms with Crippen LogP contribution in [0.3, 0.4) is 0 Å². The lowest BCUT2D eigenvalue weighted by atomic mass is 9.84. The summed E-state index contributed by atoms with van der Waals surface area (Å²) in [5.41, 5.74) is 1.45. The number of ether oxygens (including phenoxy) is 1. The van der Waals surface area contributed by atoms with Crippen LogP contribution in [0.1, 0.15) is 43.7 Å². The average Bonchev–Trinajstić information content (AvgIpc) is 2.93. The molecule has 0 saturated heterocycles. The van der Waals surface area contributed by atoms with E-state index >= 15 is 0 Å². The number of rotatable bonds is 6. The van der Waals surface area contributed by atoms with Crippen LogP contribution in [0.5, 0.6) is 0 Å². The molecule has 0 spiro atoms. The maximum atomic E-state index is 14.9. The summed E-state index contributed by atoms with van der Waals surface area (Å²) in [4.78, 5) is 31.4. The van der Waals surface area contributed by atoms with Crippen molar-refractivity contribution in [3.8, 4) is 11.1 Å². The zero-order chi connectivity index (χ0) is 30.1. The normalized spacial score (nSPS) is 23.8. The first kappa shape index (κ1) is 29.9. The topological polar surface area (TPSA) is 91.2 Å². The van der Waals surface area contributed by atoms with Gasteiger partial charge in [0.1, 0.15) is 6.10 Å². The Balaban J connectivity index is 1.46. The van der Waals surface area contributed by atoms with Crippen LogP contribution in [0.25, 0.3) is 11.1 Å². The standard InChI is InChI=1S/C31H29Cl2F2N3O4/c1-30(24-12-6-11-23(27(24)33)20-9-5-10-21(32)15-20)17-26(39)38(28(37-30)36-29(40)41)22-13-14-31(34,35)25(16-22)42-18-19-7-3-2-4-8-19/h2-12,15,22,25H,13-14,16-18H2,1H3,(H,36,37)(H,40,41)/t22-,25+,30+/m1/s1. The molecule has 0 radical (unpaired) electrons. The molecule has 7 nitrogen and oxygen atoms in total. The number of hydrogen-bond acceptors (Lipinski definition) is 4. The number of nitrogens with one attached hydrogen (secondary N) is 1. The molecule has 3 atom stereocenters. The van der Waals surface area contributed by atoms with E-state index in [0.717, 1.165) is 11.1 Å². The van der Waals surface area contributed by atoms with E-state index in [1.165, 1.54) is 4.90 Å². The Morgan fingerprint density at radius 1 is 1.12 bits per heavy atom. The summed E-state index contributed by atoms with van der Waals surface area (Å²) in [6, 6.07) is 20.7. The third-order valence-electron chi connectivity index (χ3n) is 7.71. The molecule has 0 bridgehead atoms. The summed E-state index contributed by atoms with van der Waals surface area (Å²) in [5, 5.41) is 12.7. The molecule has 3 aromatic rings. The molecular weight excluding hydrogens is 587 g/mol. The van der Waals surface area contributed by atoms with E-state index in [9.17, 15) is 23.5 Å². The molecular formula is C31H29Cl2F2N3O4. The van der Waals surface area contributed by atoms with Crippen molar-refractivity contribution < 1.29 is 28.2 Å². The smallest absolute Gasteiger partial charge is 0.411 e. The lowest BCUT2D eigenvalue weighted by Crippen LogP contribution is -2.59. The number of carboxylic acid groups (broad SMARTS) is 1. The van der Waals surface area contributed by atoms with Crippen molar-refractivity contribution >= 4 is 41.2 Å². The zero-order valence-electron chi connectivity index (χ0n) is 22.7. The molecule has 42 heavy (non-hydrogen) atoms. The van der Waals surface area contributed by atoms with Crippen molar-refractivity contribution in [3.63, 3.8) is 0 Å². The van der Waals surface area contributed by atoms with Crippen molar-refractivity contribution in [2.45, 2.75) is 62.8 Å². The minimum absolute atomic E-state index is 0.0182. The third kappa shape index (κ3) is 6.28. The summed E-state index contributed by atoms with van der Waals surface area (Å²) in [6.07, 6.45) is -3.81. The van der Waals surface area contributed by atoms with Gasteiger partial charge in [0, 0.05) is 29.5 Å². The van der Waals surface area contributed by atoms with E-state index in [4.69, 9.17) is 32.9 Å². The number of carbonyl (C=O) groups excluding carboxylic acids is 1. The lowest BCUT2D eigenvalue weighted by Gasteiger charge is -2.44. The third-order valence-corrected chi connectivity index (χ3v) is 8.35. The Morgan fingerprint density at radius 2 is 1.86 bits per heavy atom. The van der Waals surface area contributed by atoms with Gasteiger partial charge in [0.25, 0.3) is 5.92 Å². The molecule has 11 heteroatoms. The fourth-order valence-electron chi connectivity index (χ4n) is 5.62. The predicted molar refractivity (Wildman–Crippen MR) is 157 cm³/mol. The van der Waals surface area contributed by atoms with Crippen LogP contribution in [0.4, 0.5) is 13.6 Å². The molecule has 2 amide bonds. The monoisotopic (exact) mass is 615 g/mol. The van der Waals surface area contributed by atoms with Gasteiger partial charge in [-0.25, -0.2) is 18.6 Å². The van der Waals surface area contributed by atoms with E-state index in [1.807, 2.05) is 18.2 Å². The zero-order valence-corrected chi connectivity index (χ0v) is 24.2. The summed E-state index contributed by atoms with van der Waals surface area (Å²) in [5.74, 6) is -3.80. The van der Waals surface area contributed by atoms with E-state index in [2.05, 4.69) is 5.32 Å². The molecule has 0 unspecified atom stereocenters. The average molecular weight is 616 g/mol. The molecule has 2 N–H and O–H groups in total. The van der Waals surface area contributed by atoms with Crippen molar-refractivity contribution in [1.29, 1.82) is 0 Å². The summed E-state index contributed by atoms with van der Waals surface area (Å²) >= 11 is 13.1. The minimum Gasteiger partial charge on any atom is -0.465 e. The van der Waals surface area contributed by atoms with Gasteiger partial charge in [-0.3, -0.25) is 15.0 Å². The molecule has 1 aliphatic carbocycles. The van der Waals surface area contributed by atoms with Crippen molar-refractivity contribution in [1.82, 2.24) is 10.2 Å². The van der Waals surface area contributed by atoms with Gasteiger partial charge in [-0.1, -0.05) is 83.9 Å². The van der Waals surface area contributed by atoms with Gasteiger partial charge in [-0.05, 0) is 42.2 Å². The first-order valence-corrected chi connectivity index (χ1v) is 14.2. The summed E-state index contributed by atoms with van der Waals surface area (Å²) in [6.45, 7) is 1.67. The molecule has 1 heterocycles. The van der Waals surface area contributed by atoms with Gasteiger partial charge in [0.05, 0.1) is 23.6 Å². The molecule has 0 aromatic heterocycles. The molecule has 1 fully saturated rings. The Labute approximate surface area is 252 Å². The summed E-state index contributed by atoms with van der Waals surface area (Å²) in [7, 11) is 0. The SMILES string of the molecule is C[C@@]1(c2cccc(-c3cccc(Cl)c3)c2Cl)CC(=O)N([C@@H]2CCC(F)(F)[C@@H](OCc3ccccc3)C2)C(NC(=O)O)=N1. The fraction of sp³-hybridized carbons (Fsp3) is 0.323. The Bertz CT molecular complexity index is 1520. The Kier molecular flexibility index (Phi) is 8.55. The Hall–Kier alpha value is -3.53. The van der Waals surface area contributed by atoms with Crippen molar-refractivity contribution in [2.24, 2.45) is 4.99 Å². The number of halogens is 4. The van der Waals surface area contributed by atoms with Gasteiger partial charge < -0.3 is 9.84 Å². The van der Waals surface area contributed by atoms with Crippen LogP contribution < -0.4 is 5.32 Å². The van der Waals surface area contributed by atoms with Crippen molar-refractivity contribution in [2.75, 3.05) is 0 Å². The quantitative estimate of drug-likeness (QED) is 0.300. The number of aliphatic imine (C=N–C) groups is 1. The van der Waals surface area contributed by atoms with E-state index in [0.29, 0.717) is 21.2 Å². The molecule has 3 aromatic carbocycles. The maximum absolute atomic E-state index is 14.9. The second kappa shape index (κ2) is 12.0. The van der Waals surface area contributed by atoms with Crippen LogP contribution in [0, 0.1) is 0 Å². The number of guanidine groups is 1. The van der Waals surface area contributed by atoms with Gasteiger partial charge in [0.15, 0.2) is 0 Å². The fourth-order valence-corrected chi connectivity index (χ4v) is 6.25. The highest BCUT2D eigenvalue weighted by Gasteiger charge is 2.50. The highest BCUT2D eigenvalue weighted by atomic mass is 35.5. The number of alkyl halides is 2. The molecule has 1 saturated carbocycles. The van der Waals surface area contributed by atoms with Gasteiger partial charge >= 0.3 is 6.09 Å². The first-order valence-electron chi connectivity index (χ1n) is 13.5.